The molecule has 5 heteroatoms. The molecule has 0 amide bonds. The lowest BCUT2D eigenvalue weighted by Crippen LogP contribution is -1.90. The van der Waals surface area contributed by atoms with Crippen LogP contribution in [-0.2, 0) is 0 Å². The fourth-order valence-corrected chi connectivity index (χ4v) is 0.965. The maximum absolute atomic E-state index is 10.3. The summed E-state index contributed by atoms with van der Waals surface area (Å²) in [5, 5.41) is 5.79. The largest absolute Gasteiger partial charge is 0.333 e. The van der Waals surface area contributed by atoms with Gasteiger partial charge in [-0.25, -0.2) is 4.98 Å². The lowest BCUT2D eigenvalue weighted by atomic mass is 10.3. The normalized spacial score (nSPS) is 8.25. The van der Waals surface area contributed by atoms with Crippen molar-refractivity contribution in [1.29, 1.82) is 0 Å². The van der Waals surface area contributed by atoms with E-state index in [1.165, 1.54) is 7.05 Å². The molecule has 0 aliphatic rings. The van der Waals surface area contributed by atoms with E-state index in [4.69, 9.17) is 5.14 Å². The Morgan fingerprint density at radius 2 is 2.25 bits per heavy atom. The zero-order valence-corrected chi connectivity index (χ0v) is 7.54. The highest BCUT2D eigenvalue weighted by molar-refractivity contribution is 7.97. The molecule has 0 spiro atoms. The van der Waals surface area contributed by atoms with Crippen LogP contribution in [0.25, 0.3) is 0 Å². The van der Waals surface area contributed by atoms with E-state index < -0.39 is 0 Å². The molecule has 0 aliphatic heterocycles. The predicted octanol–water partition coefficient (Wildman–Crippen LogP) is 0.435. The van der Waals surface area contributed by atoms with Gasteiger partial charge in [-0.05, 0) is 31.1 Å². The third kappa shape index (κ3) is 3.00. The molecule has 4 N–H and O–H groups in total. The van der Waals surface area contributed by atoms with Crippen LogP contribution in [0.1, 0.15) is 10.4 Å². The number of nitrogens with zero attached hydrogens (tertiary/aromatic N) is 1. The zero-order valence-electron chi connectivity index (χ0n) is 6.73. The van der Waals surface area contributed by atoms with E-state index in [0.717, 1.165) is 18.2 Å². The summed E-state index contributed by atoms with van der Waals surface area (Å²) >= 11 is 0.978. The summed E-state index contributed by atoms with van der Waals surface area (Å²) in [6, 6.07) is 3.37. The van der Waals surface area contributed by atoms with Crippen LogP contribution < -0.4 is 10.9 Å². The highest BCUT2D eigenvalue weighted by atomic mass is 32.2. The molecule has 0 saturated heterocycles. The first-order chi connectivity index (χ1) is 5.88. The van der Waals surface area contributed by atoms with Crippen LogP contribution >= 0.6 is 11.9 Å². The van der Waals surface area contributed by atoms with Crippen molar-refractivity contribution >= 4 is 18.2 Å². The molecule has 12 heavy (non-hydrogen) atoms. The van der Waals surface area contributed by atoms with Crippen LogP contribution in [0.2, 0.25) is 0 Å². The number of aldehydes is 1. The SMILES string of the molecule is CN.NSc1ncccc1C=O. The quantitative estimate of drug-likeness (QED) is 0.516. The number of rotatable bonds is 2. The summed E-state index contributed by atoms with van der Waals surface area (Å²) in [6.45, 7) is 0. The minimum atomic E-state index is 0.537. The van der Waals surface area contributed by atoms with Gasteiger partial charge in [-0.2, -0.15) is 0 Å². The number of aromatic nitrogens is 1. The van der Waals surface area contributed by atoms with Crippen molar-refractivity contribution in [3.05, 3.63) is 23.9 Å². The van der Waals surface area contributed by atoms with E-state index in [-0.39, 0.29) is 0 Å². The molecule has 0 aliphatic carbocycles. The summed E-state index contributed by atoms with van der Waals surface area (Å²) < 4.78 is 0. The maximum Gasteiger partial charge on any atom is 0.152 e. The van der Waals surface area contributed by atoms with Crippen molar-refractivity contribution in [2.45, 2.75) is 5.03 Å². The fourth-order valence-electron chi connectivity index (χ4n) is 0.591. The van der Waals surface area contributed by atoms with Gasteiger partial charge in [-0.3, -0.25) is 9.93 Å². The zero-order chi connectivity index (χ0) is 9.40. The van der Waals surface area contributed by atoms with Gasteiger partial charge in [0.1, 0.15) is 5.03 Å². The first kappa shape index (κ1) is 11.1. The Balaban J connectivity index is 0.000000561. The van der Waals surface area contributed by atoms with Gasteiger partial charge >= 0.3 is 0 Å². The first-order valence-corrected chi connectivity index (χ1v) is 4.11. The van der Waals surface area contributed by atoms with E-state index in [0.29, 0.717) is 10.6 Å². The number of carbonyl (C=O) groups is 1. The van der Waals surface area contributed by atoms with E-state index >= 15 is 0 Å². The standard InChI is InChI=1S/C6H6N2OS.CH5N/c7-10-6-5(4-9)2-1-3-8-6;1-2/h1-4H,7H2;2H2,1H3. The Morgan fingerprint density at radius 1 is 1.58 bits per heavy atom. The Morgan fingerprint density at radius 3 is 2.67 bits per heavy atom. The summed E-state index contributed by atoms with van der Waals surface area (Å²) in [5.41, 5.74) is 5.04. The van der Waals surface area contributed by atoms with Crippen LogP contribution in [-0.4, -0.2) is 18.3 Å². The molecule has 1 aromatic heterocycles. The van der Waals surface area contributed by atoms with Crippen LogP contribution in [0.3, 0.4) is 0 Å². The molecule has 0 saturated carbocycles. The average Bonchev–Trinajstić information content (AvgIpc) is 2.20. The van der Waals surface area contributed by atoms with Crippen molar-refractivity contribution in [2.75, 3.05) is 7.05 Å². The molecule has 0 unspecified atom stereocenters. The third-order valence-corrected chi connectivity index (χ3v) is 1.60. The number of hydrogen-bond donors (Lipinski definition) is 2. The lowest BCUT2D eigenvalue weighted by molar-refractivity contribution is 0.112. The van der Waals surface area contributed by atoms with Crippen molar-refractivity contribution < 1.29 is 4.79 Å². The van der Waals surface area contributed by atoms with E-state index in [1.807, 2.05) is 0 Å². The maximum atomic E-state index is 10.3. The van der Waals surface area contributed by atoms with Crippen LogP contribution in [0.4, 0.5) is 0 Å². The second-order valence-electron chi connectivity index (χ2n) is 1.63. The van der Waals surface area contributed by atoms with Crippen molar-refractivity contribution in [2.24, 2.45) is 10.9 Å². The molecule has 4 nitrogen and oxygen atoms in total. The van der Waals surface area contributed by atoms with Gasteiger partial charge in [0.25, 0.3) is 0 Å². The van der Waals surface area contributed by atoms with Gasteiger partial charge in [0.2, 0.25) is 0 Å². The van der Waals surface area contributed by atoms with Crippen molar-refractivity contribution in [3.63, 3.8) is 0 Å². The number of nitrogens with two attached hydrogens (primary N) is 2. The minimum absolute atomic E-state index is 0.537. The summed E-state index contributed by atoms with van der Waals surface area (Å²) in [7, 11) is 1.50. The van der Waals surface area contributed by atoms with Gasteiger partial charge in [-0.15, -0.1) is 0 Å². The molecule has 0 fully saturated rings. The molecule has 0 bridgehead atoms. The third-order valence-electron chi connectivity index (χ3n) is 1.04. The Hall–Kier alpha value is -0.910. The number of hydrogen-bond acceptors (Lipinski definition) is 5. The van der Waals surface area contributed by atoms with Gasteiger partial charge in [0.15, 0.2) is 6.29 Å². The monoisotopic (exact) mass is 185 g/mol. The van der Waals surface area contributed by atoms with Gasteiger partial charge in [0, 0.05) is 11.8 Å². The Kier molecular flexibility index (Phi) is 6.26. The first-order valence-electron chi connectivity index (χ1n) is 3.23. The number of carbonyl (C=O) groups excluding carboxylic acids is 1. The van der Waals surface area contributed by atoms with Gasteiger partial charge in [-0.1, -0.05) is 0 Å². The summed E-state index contributed by atoms with van der Waals surface area (Å²) in [5.74, 6) is 0. The minimum Gasteiger partial charge on any atom is -0.333 e. The van der Waals surface area contributed by atoms with Crippen molar-refractivity contribution in [3.8, 4) is 0 Å². The molecule has 1 aromatic rings. The Labute approximate surface area is 75.5 Å². The van der Waals surface area contributed by atoms with Crippen LogP contribution in [0.5, 0.6) is 0 Å². The molecule has 0 atom stereocenters. The molecule has 0 radical (unpaired) electrons. The second kappa shape index (κ2) is 6.78. The van der Waals surface area contributed by atoms with Gasteiger partial charge in [0.05, 0.1) is 0 Å². The van der Waals surface area contributed by atoms with Gasteiger partial charge < -0.3 is 5.73 Å². The lowest BCUT2D eigenvalue weighted by Gasteiger charge is -1.95. The highest BCUT2D eigenvalue weighted by Crippen LogP contribution is 2.11. The van der Waals surface area contributed by atoms with E-state index in [2.05, 4.69) is 10.7 Å². The highest BCUT2D eigenvalue weighted by Gasteiger charge is 1.98. The molecular formula is C7H11N3OS. The predicted molar refractivity (Wildman–Crippen MR) is 49.8 cm³/mol. The molecular weight excluding hydrogens is 174 g/mol. The van der Waals surface area contributed by atoms with E-state index in [1.54, 1.807) is 18.3 Å². The smallest absolute Gasteiger partial charge is 0.152 e. The fraction of sp³-hybridized carbons (Fsp3) is 0.143. The van der Waals surface area contributed by atoms with Crippen molar-refractivity contribution in [1.82, 2.24) is 4.98 Å². The molecule has 66 valence electrons. The number of pyridine rings is 1. The summed E-state index contributed by atoms with van der Waals surface area (Å²) in [6.07, 6.45) is 2.34. The van der Waals surface area contributed by atoms with Crippen LogP contribution in [0, 0.1) is 0 Å². The topological polar surface area (TPSA) is 82.0 Å². The van der Waals surface area contributed by atoms with E-state index in [9.17, 15) is 4.79 Å². The average molecular weight is 185 g/mol. The molecule has 1 heterocycles. The Bertz CT molecular complexity index is 242. The molecule has 1 rings (SSSR count). The summed E-state index contributed by atoms with van der Waals surface area (Å²) in [4.78, 5) is 14.2. The van der Waals surface area contributed by atoms with Crippen LogP contribution in [0.15, 0.2) is 23.4 Å². The second-order valence-corrected chi connectivity index (χ2v) is 2.26. The molecule has 0 aromatic carbocycles.